The highest BCUT2D eigenvalue weighted by Crippen LogP contribution is 2.30. The highest BCUT2D eigenvalue weighted by Gasteiger charge is 2.27. The summed E-state index contributed by atoms with van der Waals surface area (Å²) in [6.07, 6.45) is 0. The minimum Gasteiger partial charge on any atom is -0.386 e. The first-order valence-corrected chi connectivity index (χ1v) is 7.52. The number of nitrogens with zero attached hydrogens (tertiary/aromatic N) is 1. The average molecular weight is 323 g/mol. The second-order valence-corrected chi connectivity index (χ2v) is 5.50. The highest BCUT2D eigenvalue weighted by molar-refractivity contribution is 6.21. The van der Waals surface area contributed by atoms with Crippen LogP contribution in [0.1, 0.15) is 37.4 Å². The number of carbonyl (C=O) groups is 2. The molecule has 0 aromatic heterocycles. The second-order valence-electron chi connectivity index (χ2n) is 5.50. The van der Waals surface area contributed by atoms with Gasteiger partial charge in [0.05, 0.1) is 22.8 Å². The van der Waals surface area contributed by atoms with Gasteiger partial charge in [-0.2, -0.15) is 5.26 Å². The SMILES string of the molecule is N#Cc1ccc(C#Cc2ccc3c4c(cccc24)C(=O)OC3=O)cc1. The molecule has 1 heterocycles. The first kappa shape index (κ1) is 14.7. The second kappa shape index (κ2) is 5.63. The van der Waals surface area contributed by atoms with Crippen LogP contribution in [0.5, 0.6) is 0 Å². The quantitative estimate of drug-likeness (QED) is 0.361. The van der Waals surface area contributed by atoms with Gasteiger partial charge in [0.1, 0.15) is 0 Å². The van der Waals surface area contributed by atoms with E-state index in [9.17, 15) is 9.59 Å². The van der Waals surface area contributed by atoms with Gasteiger partial charge in [-0.25, -0.2) is 9.59 Å². The van der Waals surface area contributed by atoms with Crippen LogP contribution in [0.4, 0.5) is 0 Å². The lowest BCUT2D eigenvalue weighted by atomic mass is 9.94. The number of benzene rings is 3. The molecule has 0 unspecified atom stereocenters. The standard InChI is InChI=1S/C21H9NO3/c22-12-14-6-4-13(5-7-14)8-9-15-10-11-18-19-16(15)2-1-3-17(19)20(23)25-21(18)24/h1-7,10-11H. The number of ether oxygens (including phenoxy) is 1. The van der Waals surface area contributed by atoms with E-state index in [0.717, 1.165) is 10.9 Å². The van der Waals surface area contributed by atoms with Crippen molar-refractivity contribution in [3.05, 3.63) is 82.4 Å². The molecule has 0 radical (unpaired) electrons. The van der Waals surface area contributed by atoms with Crippen molar-refractivity contribution in [3.63, 3.8) is 0 Å². The molecule has 25 heavy (non-hydrogen) atoms. The first-order valence-electron chi connectivity index (χ1n) is 7.52. The van der Waals surface area contributed by atoms with E-state index >= 15 is 0 Å². The molecule has 0 fully saturated rings. The number of cyclic esters (lactones) is 2. The van der Waals surface area contributed by atoms with Gasteiger partial charge in [0, 0.05) is 16.5 Å². The van der Waals surface area contributed by atoms with Crippen LogP contribution in [0.15, 0.2) is 54.6 Å². The number of carbonyl (C=O) groups excluding carboxylic acids is 2. The fourth-order valence-corrected chi connectivity index (χ4v) is 2.82. The van der Waals surface area contributed by atoms with E-state index in [2.05, 4.69) is 17.9 Å². The maximum atomic E-state index is 11.9. The maximum Gasteiger partial charge on any atom is 0.346 e. The molecule has 0 saturated heterocycles. The molecule has 0 atom stereocenters. The summed E-state index contributed by atoms with van der Waals surface area (Å²) in [4.78, 5) is 23.9. The predicted molar refractivity (Wildman–Crippen MR) is 90.8 cm³/mol. The summed E-state index contributed by atoms with van der Waals surface area (Å²) < 4.78 is 4.75. The van der Waals surface area contributed by atoms with Gasteiger partial charge < -0.3 is 4.74 Å². The Morgan fingerprint density at radius 2 is 1.44 bits per heavy atom. The van der Waals surface area contributed by atoms with Crippen molar-refractivity contribution in [2.45, 2.75) is 0 Å². The summed E-state index contributed by atoms with van der Waals surface area (Å²) in [5, 5.41) is 10.1. The summed E-state index contributed by atoms with van der Waals surface area (Å²) in [7, 11) is 0. The third-order valence-electron chi connectivity index (χ3n) is 4.02. The van der Waals surface area contributed by atoms with Crippen LogP contribution in [0.25, 0.3) is 10.8 Å². The van der Waals surface area contributed by atoms with Gasteiger partial charge in [-0.15, -0.1) is 0 Å². The summed E-state index contributed by atoms with van der Waals surface area (Å²) in [5.41, 5.74) is 2.80. The van der Waals surface area contributed by atoms with Crippen LogP contribution in [-0.2, 0) is 4.74 Å². The van der Waals surface area contributed by atoms with Gasteiger partial charge in [-0.05, 0) is 47.9 Å². The number of hydrogen-bond donors (Lipinski definition) is 0. The van der Waals surface area contributed by atoms with Crippen molar-refractivity contribution >= 4 is 22.7 Å². The lowest BCUT2D eigenvalue weighted by Gasteiger charge is -2.15. The molecule has 3 aromatic carbocycles. The molecular weight excluding hydrogens is 314 g/mol. The largest absolute Gasteiger partial charge is 0.386 e. The normalized spacial score (nSPS) is 12.1. The number of hydrogen-bond acceptors (Lipinski definition) is 4. The molecule has 0 aliphatic carbocycles. The van der Waals surface area contributed by atoms with E-state index in [1.54, 1.807) is 48.5 Å². The predicted octanol–water partition coefficient (Wildman–Crippen LogP) is 3.42. The molecule has 0 spiro atoms. The zero-order valence-electron chi connectivity index (χ0n) is 12.9. The van der Waals surface area contributed by atoms with Gasteiger partial charge >= 0.3 is 11.9 Å². The minimum atomic E-state index is -0.639. The number of nitriles is 1. The molecular formula is C21H9NO3. The van der Waals surface area contributed by atoms with E-state index in [1.807, 2.05) is 6.07 Å². The summed E-state index contributed by atoms with van der Waals surface area (Å²) in [5.74, 6) is 4.84. The molecule has 0 saturated carbocycles. The van der Waals surface area contributed by atoms with Crippen molar-refractivity contribution in [3.8, 4) is 17.9 Å². The monoisotopic (exact) mass is 323 g/mol. The zero-order chi connectivity index (χ0) is 17.4. The molecule has 1 aliphatic rings. The van der Waals surface area contributed by atoms with E-state index in [1.165, 1.54) is 0 Å². The molecule has 116 valence electrons. The summed E-state index contributed by atoms with van der Waals surface area (Å²) in [6, 6.07) is 17.6. The Morgan fingerprint density at radius 3 is 2.16 bits per heavy atom. The van der Waals surface area contributed by atoms with Crippen molar-refractivity contribution in [1.82, 2.24) is 0 Å². The third kappa shape index (κ3) is 2.43. The Hall–Kier alpha value is -3.89. The van der Waals surface area contributed by atoms with Crippen LogP contribution in [-0.4, -0.2) is 11.9 Å². The molecule has 4 rings (SSSR count). The summed E-state index contributed by atoms with van der Waals surface area (Å²) >= 11 is 0. The summed E-state index contributed by atoms with van der Waals surface area (Å²) in [6.45, 7) is 0. The van der Waals surface area contributed by atoms with Crippen molar-refractivity contribution < 1.29 is 14.3 Å². The smallest absolute Gasteiger partial charge is 0.346 e. The zero-order valence-corrected chi connectivity index (χ0v) is 12.9. The van der Waals surface area contributed by atoms with Crippen LogP contribution < -0.4 is 0 Å². The average Bonchev–Trinajstić information content (AvgIpc) is 2.65. The Balaban J connectivity index is 1.87. The fourth-order valence-electron chi connectivity index (χ4n) is 2.82. The van der Waals surface area contributed by atoms with Crippen molar-refractivity contribution in [2.75, 3.05) is 0 Å². The Morgan fingerprint density at radius 1 is 0.760 bits per heavy atom. The van der Waals surface area contributed by atoms with Gasteiger partial charge in [0.25, 0.3) is 0 Å². The molecule has 0 amide bonds. The Kier molecular flexibility index (Phi) is 3.31. The lowest BCUT2D eigenvalue weighted by Crippen LogP contribution is -2.19. The van der Waals surface area contributed by atoms with Gasteiger partial charge in [-0.1, -0.05) is 24.0 Å². The van der Waals surface area contributed by atoms with Gasteiger partial charge in [0.15, 0.2) is 0 Å². The van der Waals surface area contributed by atoms with Crippen LogP contribution in [0, 0.1) is 23.2 Å². The topological polar surface area (TPSA) is 67.2 Å². The fraction of sp³-hybridized carbons (Fsp3) is 0. The van der Waals surface area contributed by atoms with Crippen LogP contribution in [0.2, 0.25) is 0 Å². The molecule has 4 heteroatoms. The molecule has 1 aliphatic heterocycles. The molecule has 3 aromatic rings. The van der Waals surface area contributed by atoms with E-state index in [4.69, 9.17) is 10.00 Å². The third-order valence-corrected chi connectivity index (χ3v) is 4.02. The molecule has 4 nitrogen and oxygen atoms in total. The highest BCUT2D eigenvalue weighted by atomic mass is 16.6. The molecule has 0 bridgehead atoms. The Labute approximate surface area is 143 Å². The van der Waals surface area contributed by atoms with E-state index in [0.29, 0.717) is 27.6 Å². The number of rotatable bonds is 0. The lowest BCUT2D eigenvalue weighted by molar-refractivity contribution is 0.0391. The van der Waals surface area contributed by atoms with Gasteiger partial charge in [-0.3, -0.25) is 0 Å². The Bertz CT molecular complexity index is 1140. The first-order chi connectivity index (χ1) is 12.2. The maximum absolute atomic E-state index is 11.9. The number of esters is 2. The minimum absolute atomic E-state index is 0.370. The van der Waals surface area contributed by atoms with Crippen molar-refractivity contribution in [2.24, 2.45) is 0 Å². The van der Waals surface area contributed by atoms with E-state index in [-0.39, 0.29) is 0 Å². The molecule has 0 N–H and O–H groups in total. The van der Waals surface area contributed by atoms with E-state index < -0.39 is 11.9 Å². The van der Waals surface area contributed by atoms with Crippen LogP contribution in [0.3, 0.4) is 0 Å². The van der Waals surface area contributed by atoms with Gasteiger partial charge in [0.2, 0.25) is 0 Å². The van der Waals surface area contributed by atoms with Crippen molar-refractivity contribution in [1.29, 1.82) is 5.26 Å². The van der Waals surface area contributed by atoms with Crippen LogP contribution >= 0.6 is 0 Å².